The molecule has 0 bridgehead atoms. The Morgan fingerprint density at radius 2 is 2.04 bits per heavy atom. The lowest BCUT2D eigenvalue weighted by Gasteiger charge is -2.09. The summed E-state index contributed by atoms with van der Waals surface area (Å²) in [6.45, 7) is 5.75. The van der Waals surface area contributed by atoms with E-state index in [1.807, 2.05) is 20.8 Å². The highest BCUT2D eigenvalue weighted by molar-refractivity contribution is 7.99. The van der Waals surface area contributed by atoms with Gasteiger partial charge in [0, 0.05) is 6.07 Å². The normalized spacial score (nSPS) is 11.1. The highest BCUT2D eigenvalue weighted by atomic mass is 32.2. The van der Waals surface area contributed by atoms with Crippen molar-refractivity contribution >= 4 is 23.5 Å². The number of hydrogen-bond acceptors (Lipinski definition) is 6. The summed E-state index contributed by atoms with van der Waals surface area (Å²) in [5.74, 6) is 0.128. The fourth-order valence-electron chi connectivity index (χ4n) is 2.28. The molecule has 2 aromatic heterocycles. The number of benzene rings is 1. The quantitative estimate of drug-likeness (QED) is 0.666. The maximum Gasteiger partial charge on any atom is 0.236 e. The van der Waals surface area contributed by atoms with Crippen LogP contribution in [0.2, 0.25) is 0 Å². The van der Waals surface area contributed by atoms with Crippen LogP contribution in [0.5, 0.6) is 0 Å². The first-order valence-corrected chi connectivity index (χ1v) is 8.95. The lowest BCUT2D eigenvalue weighted by atomic mass is 10.3. The van der Waals surface area contributed by atoms with E-state index < -0.39 is 0 Å². The van der Waals surface area contributed by atoms with Crippen molar-refractivity contribution in [1.29, 1.82) is 0 Å². The zero-order valence-corrected chi connectivity index (χ0v) is 15.4. The van der Waals surface area contributed by atoms with Crippen LogP contribution in [-0.2, 0) is 4.79 Å². The summed E-state index contributed by atoms with van der Waals surface area (Å²) in [7, 11) is 0. The topological polar surface area (TPSA) is 90.5 Å². The molecule has 0 aliphatic heterocycles. The molecule has 26 heavy (non-hydrogen) atoms. The van der Waals surface area contributed by atoms with Gasteiger partial charge in [-0.15, -0.1) is 5.10 Å². The first kappa shape index (κ1) is 18.1. The van der Waals surface area contributed by atoms with Gasteiger partial charge in [0.1, 0.15) is 11.6 Å². The van der Waals surface area contributed by atoms with Crippen LogP contribution in [-0.4, -0.2) is 41.6 Å². The molecule has 0 aliphatic rings. The van der Waals surface area contributed by atoms with Crippen LogP contribution in [0.4, 0.5) is 10.2 Å². The van der Waals surface area contributed by atoms with Gasteiger partial charge in [0.15, 0.2) is 0 Å². The third kappa shape index (κ3) is 4.07. The van der Waals surface area contributed by atoms with E-state index in [2.05, 4.69) is 25.9 Å². The first-order valence-electron chi connectivity index (χ1n) is 7.97. The number of carbonyl (C=O) groups is 1. The van der Waals surface area contributed by atoms with Gasteiger partial charge < -0.3 is 5.32 Å². The van der Waals surface area contributed by atoms with Crippen molar-refractivity contribution in [2.45, 2.75) is 32.0 Å². The molecule has 8 nitrogen and oxygen atoms in total. The molecular weight excluding hydrogens is 357 g/mol. The van der Waals surface area contributed by atoms with Crippen LogP contribution < -0.4 is 5.32 Å². The number of rotatable bonds is 6. The van der Waals surface area contributed by atoms with Crippen LogP contribution >= 0.6 is 11.8 Å². The van der Waals surface area contributed by atoms with Gasteiger partial charge in [0.25, 0.3) is 0 Å². The van der Waals surface area contributed by atoms with Gasteiger partial charge in [-0.1, -0.05) is 11.8 Å². The second-order valence-electron chi connectivity index (χ2n) is 5.90. The minimum atomic E-state index is -0.331. The average Bonchev–Trinajstić information content (AvgIpc) is 3.20. The van der Waals surface area contributed by atoms with E-state index in [0.29, 0.717) is 16.7 Å². The number of aromatic nitrogens is 6. The van der Waals surface area contributed by atoms with Crippen LogP contribution in [0.3, 0.4) is 0 Å². The maximum absolute atomic E-state index is 13.1. The Hall–Kier alpha value is -2.75. The Kier molecular flexibility index (Phi) is 5.31. The van der Waals surface area contributed by atoms with Crippen molar-refractivity contribution in [2.75, 3.05) is 11.1 Å². The van der Waals surface area contributed by atoms with E-state index in [0.717, 1.165) is 5.69 Å². The predicted molar refractivity (Wildman–Crippen MR) is 95.8 cm³/mol. The van der Waals surface area contributed by atoms with Crippen molar-refractivity contribution in [2.24, 2.45) is 0 Å². The summed E-state index contributed by atoms with van der Waals surface area (Å²) in [6.07, 6.45) is 0. The van der Waals surface area contributed by atoms with Crippen molar-refractivity contribution in [3.05, 3.63) is 41.8 Å². The summed E-state index contributed by atoms with van der Waals surface area (Å²) in [5.41, 5.74) is 1.40. The number of amides is 1. The molecular formula is C16H18FN7OS. The number of anilines is 1. The molecule has 3 rings (SSSR count). The third-order valence-electron chi connectivity index (χ3n) is 3.45. The standard InChI is InChI=1S/C16H18FN7OS/c1-10(2)23-16(19-21-22-23)26-9-15(25)18-14-8-11(3)20-24(14)13-6-4-12(17)5-7-13/h4-8,10H,9H2,1-3H3,(H,18,25). The van der Waals surface area contributed by atoms with Gasteiger partial charge in [-0.05, 0) is 55.5 Å². The number of tetrazole rings is 1. The Labute approximate surface area is 153 Å². The molecule has 1 amide bonds. The molecule has 0 fully saturated rings. The van der Waals surface area contributed by atoms with Crippen molar-refractivity contribution in [3.8, 4) is 5.69 Å². The molecule has 0 atom stereocenters. The molecule has 10 heteroatoms. The lowest BCUT2D eigenvalue weighted by Crippen LogP contribution is -2.17. The lowest BCUT2D eigenvalue weighted by molar-refractivity contribution is -0.113. The van der Waals surface area contributed by atoms with E-state index in [1.165, 1.54) is 23.9 Å². The second kappa shape index (κ2) is 7.65. The van der Waals surface area contributed by atoms with Gasteiger partial charge in [0.05, 0.1) is 23.2 Å². The van der Waals surface area contributed by atoms with Crippen molar-refractivity contribution in [3.63, 3.8) is 0 Å². The molecule has 2 heterocycles. The zero-order chi connectivity index (χ0) is 18.7. The Morgan fingerprint density at radius 1 is 1.31 bits per heavy atom. The van der Waals surface area contributed by atoms with E-state index in [-0.39, 0.29) is 23.5 Å². The first-order chi connectivity index (χ1) is 12.4. The average molecular weight is 375 g/mol. The van der Waals surface area contributed by atoms with Crippen LogP contribution in [0.1, 0.15) is 25.6 Å². The van der Waals surface area contributed by atoms with E-state index in [4.69, 9.17) is 0 Å². The summed E-state index contributed by atoms with van der Waals surface area (Å²) < 4.78 is 16.3. The monoisotopic (exact) mass is 375 g/mol. The molecule has 0 unspecified atom stereocenters. The smallest absolute Gasteiger partial charge is 0.236 e. The molecule has 0 aliphatic carbocycles. The second-order valence-corrected chi connectivity index (χ2v) is 6.84. The molecule has 1 aromatic carbocycles. The van der Waals surface area contributed by atoms with Gasteiger partial charge in [-0.3, -0.25) is 4.79 Å². The van der Waals surface area contributed by atoms with Crippen molar-refractivity contribution in [1.82, 2.24) is 30.0 Å². The Morgan fingerprint density at radius 3 is 2.73 bits per heavy atom. The Bertz CT molecular complexity index is 904. The SMILES string of the molecule is Cc1cc(NC(=O)CSc2nnnn2C(C)C)n(-c2ccc(F)cc2)n1. The third-order valence-corrected chi connectivity index (χ3v) is 4.39. The van der Waals surface area contributed by atoms with Crippen LogP contribution in [0.15, 0.2) is 35.5 Å². The van der Waals surface area contributed by atoms with E-state index in [1.54, 1.807) is 27.6 Å². The van der Waals surface area contributed by atoms with Gasteiger partial charge >= 0.3 is 0 Å². The predicted octanol–water partition coefficient (Wildman–Crippen LogP) is 2.62. The largest absolute Gasteiger partial charge is 0.310 e. The van der Waals surface area contributed by atoms with Crippen molar-refractivity contribution < 1.29 is 9.18 Å². The Balaban J connectivity index is 1.70. The highest BCUT2D eigenvalue weighted by Gasteiger charge is 2.14. The van der Waals surface area contributed by atoms with Gasteiger partial charge in [0.2, 0.25) is 11.1 Å². The fraction of sp³-hybridized carbons (Fsp3) is 0.312. The van der Waals surface area contributed by atoms with Crippen LogP contribution in [0, 0.1) is 12.7 Å². The van der Waals surface area contributed by atoms with E-state index in [9.17, 15) is 9.18 Å². The molecule has 0 saturated carbocycles. The van der Waals surface area contributed by atoms with Gasteiger partial charge in [-0.2, -0.15) is 5.10 Å². The zero-order valence-electron chi connectivity index (χ0n) is 14.5. The summed E-state index contributed by atoms with van der Waals surface area (Å²) >= 11 is 1.26. The number of aryl methyl sites for hydroxylation is 1. The number of carbonyl (C=O) groups excluding carboxylic acids is 1. The number of nitrogens with one attached hydrogen (secondary N) is 1. The maximum atomic E-state index is 13.1. The summed E-state index contributed by atoms with van der Waals surface area (Å²) in [6, 6.07) is 7.76. The number of hydrogen-bond donors (Lipinski definition) is 1. The molecule has 0 radical (unpaired) electrons. The molecule has 0 spiro atoms. The molecule has 0 saturated heterocycles. The van der Waals surface area contributed by atoms with Gasteiger partial charge in [-0.25, -0.2) is 13.8 Å². The summed E-state index contributed by atoms with van der Waals surface area (Å²) in [5, 5.41) is 19.2. The van der Waals surface area contributed by atoms with Crippen LogP contribution in [0.25, 0.3) is 5.69 Å². The summed E-state index contributed by atoms with van der Waals surface area (Å²) in [4.78, 5) is 12.3. The molecule has 136 valence electrons. The fourth-order valence-corrected chi connectivity index (χ4v) is 3.09. The molecule has 3 aromatic rings. The van der Waals surface area contributed by atoms with E-state index >= 15 is 0 Å². The number of nitrogens with zero attached hydrogens (tertiary/aromatic N) is 6. The minimum Gasteiger partial charge on any atom is -0.310 e. The number of halogens is 1. The highest BCUT2D eigenvalue weighted by Crippen LogP contribution is 2.20. The number of thioether (sulfide) groups is 1. The molecule has 1 N–H and O–H groups in total. The minimum absolute atomic E-state index is 0.109.